The van der Waals surface area contributed by atoms with Crippen LogP contribution in [0.25, 0.3) is 0 Å². The van der Waals surface area contributed by atoms with Gasteiger partial charge in [-0.3, -0.25) is 0 Å². The number of hydrogen-bond acceptors (Lipinski definition) is 3. The largest absolute Gasteiger partial charge is 0.490 e. The Morgan fingerprint density at radius 2 is 1.86 bits per heavy atom. The lowest BCUT2D eigenvalue weighted by atomic mass is 9.80. The van der Waals surface area contributed by atoms with E-state index in [9.17, 15) is 18.3 Å². The van der Waals surface area contributed by atoms with Crippen molar-refractivity contribution in [2.24, 2.45) is 11.7 Å². The van der Waals surface area contributed by atoms with Crippen molar-refractivity contribution in [3.63, 3.8) is 0 Å². The van der Waals surface area contributed by atoms with Crippen molar-refractivity contribution in [3.8, 4) is 5.75 Å². The maximum Gasteiger partial charge on any atom is 0.415 e. The van der Waals surface area contributed by atoms with E-state index in [1.165, 1.54) is 0 Å². The molecular formula is C15H20F3NO2. The van der Waals surface area contributed by atoms with Gasteiger partial charge in [-0.05, 0) is 43.7 Å². The smallest absolute Gasteiger partial charge is 0.415 e. The summed E-state index contributed by atoms with van der Waals surface area (Å²) in [6, 6.07) is 7.88. The highest BCUT2D eigenvalue weighted by molar-refractivity contribution is 5.21. The molecule has 21 heavy (non-hydrogen) atoms. The molecule has 0 amide bonds. The first kappa shape index (κ1) is 16.1. The number of para-hydroxylation sites is 1. The van der Waals surface area contributed by atoms with Crippen LogP contribution in [0, 0.1) is 5.92 Å². The van der Waals surface area contributed by atoms with Crippen LogP contribution in [-0.4, -0.2) is 29.5 Å². The average Bonchev–Trinajstić information content (AvgIpc) is 2.46. The predicted octanol–water partition coefficient (Wildman–Crippen LogP) is 2.87. The maximum absolute atomic E-state index is 12.5. The van der Waals surface area contributed by atoms with Crippen LogP contribution in [0.2, 0.25) is 0 Å². The van der Waals surface area contributed by atoms with E-state index in [1.807, 2.05) is 30.3 Å². The third-order valence-corrected chi connectivity index (χ3v) is 3.96. The third kappa shape index (κ3) is 4.35. The Morgan fingerprint density at radius 1 is 1.19 bits per heavy atom. The van der Waals surface area contributed by atoms with Gasteiger partial charge in [-0.25, -0.2) is 0 Å². The van der Waals surface area contributed by atoms with Gasteiger partial charge in [0, 0.05) is 6.04 Å². The van der Waals surface area contributed by atoms with E-state index in [0.717, 1.165) is 12.8 Å². The Kier molecular flexibility index (Phi) is 5.11. The van der Waals surface area contributed by atoms with Crippen LogP contribution in [0.3, 0.4) is 0 Å². The second-order valence-electron chi connectivity index (χ2n) is 5.54. The van der Waals surface area contributed by atoms with E-state index in [-0.39, 0.29) is 12.0 Å². The van der Waals surface area contributed by atoms with Gasteiger partial charge in [-0.2, -0.15) is 13.2 Å². The lowest BCUT2D eigenvalue weighted by Crippen LogP contribution is -2.51. The van der Waals surface area contributed by atoms with Crippen molar-refractivity contribution >= 4 is 0 Å². The molecule has 0 radical (unpaired) electrons. The molecule has 4 unspecified atom stereocenters. The lowest BCUT2D eigenvalue weighted by Gasteiger charge is -2.35. The van der Waals surface area contributed by atoms with Crippen LogP contribution in [0.4, 0.5) is 13.2 Å². The summed E-state index contributed by atoms with van der Waals surface area (Å²) in [5.41, 5.74) is 5.61. The van der Waals surface area contributed by atoms with Crippen molar-refractivity contribution in [1.82, 2.24) is 0 Å². The monoisotopic (exact) mass is 303 g/mol. The molecule has 1 saturated carbocycles. The number of benzene rings is 1. The standard InChI is InChI=1S/C15H20F3NO2/c16-15(17,18)14(20)13(19)10-5-4-8-12(9-10)21-11-6-2-1-3-7-11/h1-3,6-7,10,12-14,20H,4-5,8-9,19H2. The van der Waals surface area contributed by atoms with Gasteiger partial charge in [0.15, 0.2) is 6.10 Å². The van der Waals surface area contributed by atoms with Crippen LogP contribution < -0.4 is 10.5 Å². The fourth-order valence-electron chi connectivity index (χ4n) is 2.81. The number of hydrogen-bond donors (Lipinski definition) is 2. The molecule has 1 aliphatic carbocycles. The predicted molar refractivity (Wildman–Crippen MR) is 72.9 cm³/mol. The summed E-state index contributed by atoms with van der Waals surface area (Å²) in [6.07, 6.45) is -4.74. The molecular weight excluding hydrogens is 283 g/mol. The summed E-state index contributed by atoms with van der Waals surface area (Å²) in [5.74, 6) is 0.317. The van der Waals surface area contributed by atoms with Crippen LogP contribution in [0.1, 0.15) is 25.7 Å². The quantitative estimate of drug-likeness (QED) is 0.899. The number of rotatable bonds is 4. The highest BCUT2D eigenvalue weighted by atomic mass is 19.4. The van der Waals surface area contributed by atoms with Gasteiger partial charge in [-0.15, -0.1) is 0 Å². The van der Waals surface area contributed by atoms with Gasteiger partial charge in [0.2, 0.25) is 0 Å². The first-order chi connectivity index (χ1) is 9.88. The second kappa shape index (κ2) is 6.66. The van der Waals surface area contributed by atoms with E-state index in [4.69, 9.17) is 10.5 Å². The minimum Gasteiger partial charge on any atom is -0.490 e. The molecule has 0 spiro atoms. The number of halogens is 3. The van der Waals surface area contributed by atoms with Gasteiger partial charge >= 0.3 is 6.18 Å². The Bertz CT molecular complexity index is 438. The van der Waals surface area contributed by atoms with Crippen LogP contribution in [0.15, 0.2) is 30.3 Å². The summed E-state index contributed by atoms with van der Waals surface area (Å²) >= 11 is 0. The first-order valence-corrected chi connectivity index (χ1v) is 7.10. The van der Waals surface area contributed by atoms with Crippen LogP contribution >= 0.6 is 0 Å². The molecule has 2 rings (SSSR count). The van der Waals surface area contributed by atoms with Gasteiger partial charge in [0.05, 0.1) is 6.10 Å². The highest BCUT2D eigenvalue weighted by Crippen LogP contribution is 2.33. The van der Waals surface area contributed by atoms with Crippen molar-refractivity contribution < 1.29 is 23.0 Å². The van der Waals surface area contributed by atoms with Gasteiger partial charge in [0.25, 0.3) is 0 Å². The minimum absolute atomic E-state index is 0.155. The summed E-state index contributed by atoms with van der Waals surface area (Å²) in [6.45, 7) is 0. The zero-order valence-corrected chi connectivity index (χ0v) is 11.6. The number of nitrogens with two attached hydrogens (primary N) is 1. The topological polar surface area (TPSA) is 55.5 Å². The zero-order valence-electron chi connectivity index (χ0n) is 11.6. The Balaban J connectivity index is 1.94. The number of alkyl halides is 3. The SMILES string of the molecule is NC(C1CCCC(Oc2ccccc2)C1)C(O)C(F)(F)F. The van der Waals surface area contributed by atoms with Crippen molar-refractivity contribution in [3.05, 3.63) is 30.3 Å². The fraction of sp³-hybridized carbons (Fsp3) is 0.600. The molecule has 1 fully saturated rings. The molecule has 1 aromatic carbocycles. The number of aliphatic hydroxyl groups excluding tert-OH is 1. The van der Waals surface area contributed by atoms with Crippen molar-refractivity contribution in [1.29, 1.82) is 0 Å². The summed E-state index contributed by atoms with van der Waals surface area (Å²) in [7, 11) is 0. The molecule has 4 atom stereocenters. The lowest BCUT2D eigenvalue weighted by molar-refractivity contribution is -0.214. The van der Waals surface area contributed by atoms with E-state index < -0.39 is 18.3 Å². The normalized spacial score (nSPS) is 26.1. The number of ether oxygens (including phenoxy) is 1. The molecule has 1 aromatic rings. The van der Waals surface area contributed by atoms with Crippen molar-refractivity contribution in [2.45, 2.75) is 50.1 Å². The summed E-state index contributed by atoms with van der Waals surface area (Å²) in [5, 5.41) is 9.29. The second-order valence-corrected chi connectivity index (χ2v) is 5.54. The zero-order chi connectivity index (χ0) is 15.5. The van der Waals surface area contributed by atoms with Crippen molar-refractivity contribution in [2.75, 3.05) is 0 Å². The van der Waals surface area contributed by atoms with Gasteiger partial charge in [0.1, 0.15) is 5.75 Å². The van der Waals surface area contributed by atoms with E-state index in [2.05, 4.69) is 0 Å². The van der Waals surface area contributed by atoms with Crippen LogP contribution in [0.5, 0.6) is 5.75 Å². The minimum atomic E-state index is -4.67. The molecule has 6 heteroatoms. The molecule has 118 valence electrons. The van der Waals surface area contributed by atoms with Crippen LogP contribution in [-0.2, 0) is 0 Å². The fourth-order valence-corrected chi connectivity index (χ4v) is 2.81. The molecule has 1 aliphatic rings. The van der Waals surface area contributed by atoms with E-state index in [0.29, 0.717) is 18.6 Å². The average molecular weight is 303 g/mol. The summed E-state index contributed by atoms with van der Waals surface area (Å²) in [4.78, 5) is 0. The first-order valence-electron chi connectivity index (χ1n) is 7.10. The van der Waals surface area contributed by atoms with E-state index in [1.54, 1.807) is 0 Å². The Morgan fingerprint density at radius 3 is 2.48 bits per heavy atom. The molecule has 3 N–H and O–H groups in total. The third-order valence-electron chi connectivity index (χ3n) is 3.96. The maximum atomic E-state index is 12.5. The molecule has 3 nitrogen and oxygen atoms in total. The van der Waals surface area contributed by atoms with Gasteiger partial charge < -0.3 is 15.6 Å². The highest BCUT2D eigenvalue weighted by Gasteiger charge is 2.45. The molecule has 0 aliphatic heterocycles. The molecule has 0 bridgehead atoms. The molecule has 0 saturated heterocycles. The van der Waals surface area contributed by atoms with E-state index >= 15 is 0 Å². The molecule has 0 heterocycles. The van der Waals surface area contributed by atoms with Gasteiger partial charge in [-0.1, -0.05) is 18.2 Å². The Hall–Kier alpha value is -1.27. The Labute approximate surface area is 121 Å². The summed E-state index contributed by atoms with van der Waals surface area (Å²) < 4.78 is 43.4. The number of aliphatic hydroxyl groups is 1. The molecule has 0 aromatic heterocycles.